The summed E-state index contributed by atoms with van der Waals surface area (Å²) in [5.41, 5.74) is 3.06. The van der Waals surface area contributed by atoms with Crippen LogP contribution >= 0.6 is 0 Å². The molecule has 0 radical (unpaired) electrons. The minimum atomic E-state index is -3.71. The van der Waals surface area contributed by atoms with Gasteiger partial charge in [0.05, 0.1) is 36.0 Å². The molecule has 0 saturated heterocycles. The Bertz CT molecular complexity index is 1560. The molecule has 2 aromatic carbocycles. The third-order valence-corrected chi connectivity index (χ3v) is 7.00. The van der Waals surface area contributed by atoms with Crippen molar-refractivity contribution in [3.05, 3.63) is 78.9 Å². The average Bonchev–Trinajstić information content (AvgIpc) is 2.78. The second-order valence-corrected chi connectivity index (χ2v) is 11.5. The standard InChI is InChI=1S/C23H23N5O4S2/c1-16(17-7-5-4-6-8-17)28(34(3,31)32)23-21-12-18(9-10-22(21)25-15-26-23)19-11-20(14-24-13-19)27-33(2,29)30/h4-16,27H,1-3H3. The molecule has 176 valence electrons. The average molecular weight is 498 g/mol. The molecular formula is C23H23N5O4S2. The second-order valence-electron chi connectivity index (χ2n) is 7.91. The number of nitrogens with zero attached hydrogens (tertiary/aromatic N) is 4. The molecule has 34 heavy (non-hydrogen) atoms. The zero-order chi connectivity index (χ0) is 24.5. The molecule has 0 saturated carbocycles. The zero-order valence-corrected chi connectivity index (χ0v) is 20.4. The fourth-order valence-electron chi connectivity index (χ4n) is 3.76. The SMILES string of the molecule is CC(c1ccccc1)N(c1ncnc2ccc(-c3cncc(NS(C)(=O)=O)c3)cc12)S(C)(=O)=O. The van der Waals surface area contributed by atoms with E-state index in [2.05, 4.69) is 19.7 Å². The molecule has 1 atom stereocenters. The van der Waals surface area contributed by atoms with Gasteiger partial charge in [0.1, 0.15) is 6.33 Å². The number of anilines is 2. The van der Waals surface area contributed by atoms with Crippen molar-refractivity contribution in [3.63, 3.8) is 0 Å². The molecule has 2 aromatic heterocycles. The molecule has 4 aromatic rings. The fraction of sp³-hybridized carbons (Fsp3) is 0.174. The van der Waals surface area contributed by atoms with E-state index in [0.29, 0.717) is 27.7 Å². The van der Waals surface area contributed by atoms with E-state index in [9.17, 15) is 16.8 Å². The molecule has 0 fully saturated rings. The van der Waals surface area contributed by atoms with Crippen molar-refractivity contribution in [2.24, 2.45) is 0 Å². The second kappa shape index (κ2) is 8.99. The molecule has 1 N–H and O–H groups in total. The van der Waals surface area contributed by atoms with Gasteiger partial charge in [0, 0.05) is 17.1 Å². The van der Waals surface area contributed by atoms with Crippen LogP contribution in [0.4, 0.5) is 11.5 Å². The van der Waals surface area contributed by atoms with Crippen molar-refractivity contribution in [3.8, 4) is 11.1 Å². The number of nitrogens with one attached hydrogen (secondary N) is 1. The lowest BCUT2D eigenvalue weighted by Crippen LogP contribution is -2.33. The smallest absolute Gasteiger partial charge is 0.233 e. The Balaban J connectivity index is 1.86. The van der Waals surface area contributed by atoms with Gasteiger partial charge in [-0.05, 0) is 36.2 Å². The van der Waals surface area contributed by atoms with Gasteiger partial charge < -0.3 is 0 Å². The van der Waals surface area contributed by atoms with E-state index >= 15 is 0 Å². The summed E-state index contributed by atoms with van der Waals surface area (Å²) in [5, 5.41) is 0.537. The maximum atomic E-state index is 12.9. The maximum absolute atomic E-state index is 12.9. The van der Waals surface area contributed by atoms with Crippen LogP contribution in [-0.2, 0) is 20.0 Å². The molecule has 0 spiro atoms. The molecule has 4 rings (SSSR count). The molecule has 9 nitrogen and oxygen atoms in total. The van der Waals surface area contributed by atoms with E-state index in [-0.39, 0.29) is 5.82 Å². The molecule has 2 heterocycles. The lowest BCUT2D eigenvalue weighted by molar-refractivity contribution is 0.588. The van der Waals surface area contributed by atoms with Crippen molar-refractivity contribution in [1.29, 1.82) is 0 Å². The number of pyridine rings is 1. The summed E-state index contributed by atoms with van der Waals surface area (Å²) >= 11 is 0. The maximum Gasteiger partial charge on any atom is 0.233 e. The van der Waals surface area contributed by atoms with Gasteiger partial charge in [-0.2, -0.15) is 0 Å². The summed E-state index contributed by atoms with van der Waals surface area (Å²) in [4.78, 5) is 12.8. The van der Waals surface area contributed by atoms with E-state index in [1.807, 2.05) is 36.4 Å². The quantitative estimate of drug-likeness (QED) is 0.414. The number of rotatable bonds is 7. The van der Waals surface area contributed by atoms with Crippen molar-refractivity contribution in [2.75, 3.05) is 21.5 Å². The van der Waals surface area contributed by atoms with Crippen molar-refractivity contribution in [2.45, 2.75) is 13.0 Å². The van der Waals surface area contributed by atoms with Crippen LogP contribution < -0.4 is 9.03 Å². The van der Waals surface area contributed by atoms with E-state index in [4.69, 9.17) is 0 Å². The molecule has 0 aliphatic rings. The molecule has 0 bridgehead atoms. The van der Waals surface area contributed by atoms with Crippen LogP contribution in [0.2, 0.25) is 0 Å². The number of hydrogen-bond acceptors (Lipinski definition) is 7. The highest BCUT2D eigenvalue weighted by Gasteiger charge is 2.28. The largest absolute Gasteiger partial charge is 0.282 e. The first-order chi connectivity index (χ1) is 16.0. The summed E-state index contributed by atoms with van der Waals surface area (Å²) < 4.78 is 52.7. The Hall–Kier alpha value is -3.57. The number of aromatic nitrogens is 3. The highest BCUT2D eigenvalue weighted by atomic mass is 32.2. The number of hydrogen-bond donors (Lipinski definition) is 1. The minimum absolute atomic E-state index is 0.254. The predicted octanol–water partition coefficient (Wildman–Crippen LogP) is 3.59. The Morgan fingerprint density at radius 1 is 0.882 bits per heavy atom. The number of benzene rings is 2. The summed E-state index contributed by atoms with van der Waals surface area (Å²) in [5.74, 6) is 0.254. The first kappa shape index (κ1) is 23.6. The van der Waals surface area contributed by atoms with E-state index in [1.165, 1.54) is 16.8 Å². The number of sulfonamides is 2. The van der Waals surface area contributed by atoms with Gasteiger partial charge in [0.15, 0.2) is 5.82 Å². The third-order valence-electron chi connectivity index (χ3n) is 5.19. The van der Waals surface area contributed by atoms with E-state index < -0.39 is 26.1 Å². The van der Waals surface area contributed by atoms with Crippen LogP contribution in [0.25, 0.3) is 22.0 Å². The summed E-state index contributed by atoms with van der Waals surface area (Å²) in [6.07, 6.45) is 6.55. The van der Waals surface area contributed by atoms with Gasteiger partial charge in [-0.15, -0.1) is 0 Å². The molecule has 11 heteroatoms. The minimum Gasteiger partial charge on any atom is -0.282 e. The first-order valence-electron chi connectivity index (χ1n) is 10.3. The van der Waals surface area contributed by atoms with Crippen molar-refractivity contribution >= 4 is 42.5 Å². The zero-order valence-electron chi connectivity index (χ0n) is 18.7. The lowest BCUT2D eigenvalue weighted by Gasteiger charge is -2.29. The van der Waals surface area contributed by atoms with Crippen LogP contribution in [0, 0.1) is 0 Å². The van der Waals surface area contributed by atoms with Gasteiger partial charge >= 0.3 is 0 Å². The van der Waals surface area contributed by atoms with Crippen LogP contribution in [0.15, 0.2) is 73.3 Å². The monoisotopic (exact) mass is 497 g/mol. The van der Waals surface area contributed by atoms with Gasteiger partial charge in [0.25, 0.3) is 0 Å². The molecule has 0 aliphatic carbocycles. The van der Waals surface area contributed by atoms with Gasteiger partial charge in [-0.25, -0.2) is 31.1 Å². The van der Waals surface area contributed by atoms with E-state index in [1.54, 1.807) is 31.3 Å². The van der Waals surface area contributed by atoms with E-state index in [0.717, 1.165) is 18.1 Å². The van der Waals surface area contributed by atoms with Crippen LogP contribution in [0.1, 0.15) is 18.5 Å². The first-order valence-corrected chi connectivity index (χ1v) is 14.0. The Kier molecular flexibility index (Phi) is 6.24. The third kappa shape index (κ3) is 5.15. The Morgan fingerprint density at radius 2 is 1.62 bits per heavy atom. The summed E-state index contributed by atoms with van der Waals surface area (Å²) in [6.45, 7) is 1.80. The molecule has 0 aliphatic heterocycles. The predicted molar refractivity (Wildman–Crippen MR) is 133 cm³/mol. The molecule has 0 amide bonds. The van der Waals surface area contributed by atoms with Crippen LogP contribution in [0.3, 0.4) is 0 Å². The Labute approximate surface area is 198 Å². The van der Waals surface area contributed by atoms with Crippen LogP contribution in [0.5, 0.6) is 0 Å². The van der Waals surface area contributed by atoms with Gasteiger partial charge in [-0.1, -0.05) is 36.4 Å². The van der Waals surface area contributed by atoms with Gasteiger partial charge in [0.2, 0.25) is 20.0 Å². The van der Waals surface area contributed by atoms with Crippen molar-refractivity contribution < 1.29 is 16.8 Å². The lowest BCUT2D eigenvalue weighted by atomic mass is 10.0. The Morgan fingerprint density at radius 3 is 2.29 bits per heavy atom. The van der Waals surface area contributed by atoms with Crippen LogP contribution in [-0.4, -0.2) is 44.3 Å². The fourth-order valence-corrected chi connectivity index (χ4v) is 5.46. The summed E-state index contributed by atoms with van der Waals surface area (Å²) in [6, 6.07) is 15.8. The molecular weight excluding hydrogens is 474 g/mol. The highest BCUT2D eigenvalue weighted by molar-refractivity contribution is 7.92. The normalized spacial score (nSPS) is 12.9. The number of fused-ring (bicyclic) bond motifs is 1. The topological polar surface area (TPSA) is 122 Å². The molecule has 1 unspecified atom stereocenters. The highest BCUT2D eigenvalue weighted by Crippen LogP contribution is 2.35. The van der Waals surface area contributed by atoms with Gasteiger partial charge in [-0.3, -0.25) is 9.71 Å². The summed E-state index contributed by atoms with van der Waals surface area (Å²) in [7, 11) is -7.17. The van der Waals surface area contributed by atoms with Crippen molar-refractivity contribution in [1.82, 2.24) is 15.0 Å².